The topological polar surface area (TPSA) is 26.3 Å². The van der Waals surface area contributed by atoms with Gasteiger partial charge >= 0.3 is 0 Å². The van der Waals surface area contributed by atoms with Gasteiger partial charge in [0.2, 0.25) is 0 Å². The maximum absolute atomic E-state index is 12.3. The summed E-state index contributed by atoms with van der Waals surface area (Å²) >= 11 is 1.80. The molecule has 0 spiro atoms. The summed E-state index contributed by atoms with van der Waals surface area (Å²) < 4.78 is 6.11. The average Bonchev–Trinajstić information content (AvgIpc) is 2.97. The van der Waals surface area contributed by atoms with E-state index in [2.05, 4.69) is 20.1 Å². The monoisotopic (exact) mass is 378 g/mol. The lowest BCUT2D eigenvalue weighted by Crippen LogP contribution is -2.54. The third-order valence-electron chi connectivity index (χ3n) is 9.53. The van der Waals surface area contributed by atoms with Crippen LogP contribution >= 0.6 is 11.8 Å². The number of fused-ring (bicyclic) bond motifs is 5. The highest BCUT2D eigenvalue weighted by Crippen LogP contribution is 2.67. The number of thioether (sulfide) groups is 1. The molecule has 0 radical (unpaired) electrons. The number of carbonyl (C=O) groups excluding carboxylic acids is 1. The van der Waals surface area contributed by atoms with Crippen molar-refractivity contribution in [2.24, 2.45) is 40.4 Å². The fourth-order valence-electron chi connectivity index (χ4n) is 8.20. The Hall–Kier alpha value is -0.0200. The number of hydrogen-bond donors (Lipinski definition) is 0. The smallest absolute Gasteiger partial charge is 0.133 e. The third kappa shape index (κ3) is 2.91. The van der Waals surface area contributed by atoms with E-state index >= 15 is 0 Å². The molecule has 26 heavy (non-hydrogen) atoms. The number of ether oxygens (including phenoxy) is 1. The Morgan fingerprint density at radius 2 is 1.73 bits per heavy atom. The molecule has 0 amide bonds. The summed E-state index contributed by atoms with van der Waals surface area (Å²) in [6, 6.07) is 0. The predicted molar refractivity (Wildman–Crippen MR) is 109 cm³/mol. The molecule has 0 aromatic carbocycles. The standard InChI is InChI=1S/C23H38O2S/c1-15(24)19-7-8-20-18-6-5-16-13-17(25-14-26-4)9-11-22(16,2)21(18)10-12-23(19,20)3/h16-21H,5-14H2,1-4H3/t16-,17+,18?,19?,20-,21-,22?,23?/m0/s1. The van der Waals surface area contributed by atoms with Gasteiger partial charge in [-0.05, 0) is 105 Å². The quantitative estimate of drug-likeness (QED) is 0.566. The second kappa shape index (κ2) is 7.10. The van der Waals surface area contributed by atoms with Gasteiger partial charge in [0.05, 0.1) is 12.0 Å². The van der Waals surface area contributed by atoms with Gasteiger partial charge < -0.3 is 4.74 Å². The maximum atomic E-state index is 12.3. The van der Waals surface area contributed by atoms with Crippen molar-refractivity contribution in [3.63, 3.8) is 0 Å². The molecule has 4 aliphatic rings. The minimum Gasteiger partial charge on any atom is -0.368 e. The number of hydrogen-bond acceptors (Lipinski definition) is 3. The van der Waals surface area contributed by atoms with Crippen molar-refractivity contribution in [1.29, 1.82) is 0 Å². The molecule has 0 aliphatic heterocycles. The summed E-state index contributed by atoms with van der Waals surface area (Å²) in [5, 5.41) is 0. The Balaban J connectivity index is 1.51. The fourth-order valence-corrected chi connectivity index (χ4v) is 8.53. The van der Waals surface area contributed by atoms with Gasteiger partial charge in [-0.2, -0.15) is 0 Å². The van der Waals surface area contributed by atoms with Crippen molar-refractivity contribution in [2.45, 2.75) is 84.7 Å². The van der Waals surface area contributed by atoms with Gasteiger partial charge in [0.25, 0.3) is 0 Å². The zero-order valence-corrected chi connectivity index (χ0v) is 18.1. The van der Waals surface area contributed by atoms with Crippen molar-refractivity contribution in [3.8, 4) is 0 Å². The van der Waals surface area contributed by atoms with Crippen LogP contribution in [0.2, 0.25) is 0 Å². The molecule has 148 valence electrons. The lowest BCUT2D eigenvalue weighted by atomic mass is 9.44. The maximum Gasteiger partial charge on any atom is 0.133 e. The first-order valence-electron chi connectivity index (χ1n) is 11.0. The van der Waals surface area contributed by atoms with Gasteiger partial charge in [0.15, 0.2) is 0 Å². The molecule has 2 nitrogen and oxygen atoms in total. The van der Waals surface area contributed by atoms with Crippen LogP contribution in [-0.4, -0.2) is 24.1 Å². The number of Topliss-reactive ketones (excluding diaryl/α,β-unsaturated/α-hetero) is 1. The number of rotatable bonds is 4. The number of ketones is 1. The second-order valence-electron chi connectivity index (χ2n) is 10.4. The van der Waals surface area contributed by atoms with Gasteiger partial charge in [-0.1, -0.05) is 13.8 Å². The molecule has 0 saturated heterocycles. The van der Waals surface area contributed by atoms with Crippen LogP contribution < -0.4 is 0 Å². The molecule has 0 heterocycles. The van der Waals surface area contributed by atoms with E-state index < -0.39 is 0 Å². The minimum atomic E-state index is 0.300. The first-order chi connectivity index (χ1) is 12.4. The molecule has 0 N–H and O–H groups in total. The van der Waals surface area contributed by atoms with Crippen LogP contribution in [0.4, 0.5) is 0 Å². The summed E-state index contributed by atoms with van der Waals surface area (Å²) in [5.74, 6) is 5.09. The largest absolute Gasteiger partial charge is 0.368 e. The Labute approximate surface area is 164 Å². The summed E-state index contributed by atoms with van der Waals surface area (Å²) in [5.41, 5.74) is 0.826. The van der Waals surface area contributed by atoms with Crippen LogP contribution in [-0.2, 0) is 9.53 Å². The molecule has 4 unspecified atom stereocenters. The van der Waals surface area contributed by atoms with Gasteiger partial charge in [-0.15, -0.1) is 11.8 Å². The molecule has 0 aromatic rings. The first kappa shape index (κ1) is 19.3. The average molecular weight is 379 g/mol. The van der Waals surface area contributed by atoms with Gasteiger partial charge in [0.1, 0.15) is 5.78 Å². The zero-order chi connectivity index (χ0) is 18.5. The highest BCUT2D eigenvalue weighted by Gasteiger charge is 2.60. The number of carbonyl (C=O) groups is 1. The van der Waals surface area contributed by atoms with Crippen LogP contribution in [0.3, 0.4) is 0 Å². The minimum absolute atomic E-state index is 0.300. The summed E-state index contributed by atoms with van der Waals surface area (Å²) in [7, 11) is 0. The SMILES string of the molecule is CSCO[C@@H]1CCC2(C)[C@@H](CCC3[C@@H]4CCC(C(C)=O)C4(C)CC[C@@H]32)C1. The molecule has 3 heteroatoms. The van der Waals surface area contributed by atoms with Crippen LogP contribution in [0.1, 0.15) is 78.6 Å². The van der Waals surface area contributed by atoms with E-state index in [-0.39, 0.29) is 0 Å². The van der Waals surface area contributed by atoms with Crippen LogP contribution in [0.5, 0.6) is 0 Å². The Kier molecular flexibility index (Phi) is 5.27. The first-order valence-corrected chi connectivity index (χ1v) is 12.4. The van der Waals surface area contributed by atoms with Gasteiger partial charge in [-0.25, -0.2) is 0 Å². The van der Waals surface area contributed by atoms with Crippen molar-refractivity contribution < 1.29 is 9.53 Å². The molecule has 0 aromatic heterocycles. The predicted octanol–water partition coefficient (Wildman–Crippen LogP) is 5.94. The van der Waals surface area contributed by atoms with Crippen molar-refractivity contribution in [3.05, 3.63) is 0 Å². The molecule has 4 fully saturated rings. The van der Waals surface area contributed by atoms with E-state index in [1.165, 1.54) is 51.4 Å². The van der Waals surface area contributed by atoms with Crippen LogP contribution in [0.15, 0.2) is 0 Å². The lowest BCUT2D eigenvalue weighted by molar-refractivity contribution is -0.140. The molecule has 0 bridgehead atoms. The summed E-state index contributed by atoms with van der Waals surface area (Å²) in [4.78, 5) is 12.3. The summed E-state index contributed by atoms with van der Waals surface area (Å²) in [6.07, 6.45) is 14.5. The Morgan fingerprint density at radius 1 is 1.00 bits per heavy atom. The van der Waals surface area contributed by atoms with E-state index in [0.29, 0.717) is 28.6 Å². The molecule has 8 atom stereocenters. The Bertz CT molecular complexity index is 548. The molecule has 4 rings (SSSR count). The van der Waals surface area contributed by atoms with Crippen LogP contribution in [0, 0.1) is 40.4 Å². The molecular formula is C23H38O2S. The van der Waals surface area contributed by atoms with Crippen molar-refractivity contribution >= 4 is 17.5 Å². The van der Waals surface area contributed by atoms with Crippen LogP contribution in [0.25, 0.3) is 0 Å². The highest BCUT2D eigenvalue weighted by molar-refractivity contribution is 7.98. The molecule has 4 aliphatic carbocycles. The lowest BCUT2D eigenvalue weighted by Gasteiger charge is -2.61. The van der Waals surface area contributed by atoms with Gasteiger partial charge in [-0.3, -0.25) is 4.79 Å². The Morgan fingerprint density at radius 3 is 2.46 bits per heavy atom. The van der Waals surface area contributed by atoms with Gasteiger partial charge in [0, 0.05) is 5.92 Å². The van der Waals surface area contributed by atoms with E-state index in [1.807, 2.05) is 6.92 Å². The van der Waals surface area contributed by atoms with Crippen molar-refractivity contribution in [2.75, 3.05) is 12.2 Å². The molecule has 4 saturated carbocycles. The van der Waals surface area contributed by atoms with E-state index in [1.54, 1.807) is 11.8 Å². The van der Waals surface area contributed by atoms with E-state index in [4.69, 9.17) is 4.74 Å². The zero-order valence-electron chi connectivity index (χ0n) is 17.3. The van der Waals surface area contributed by atoms with E-state index in [0.717, 1.165) is 36.0 Å². The molecular weight excluding hydrogens is 340 g/mol. The third-order valence-corrected chi connectivity index (χ3v) is 9.90. The van der Waals surface area contributed by atoms with E-state index in [9.17, 15) is 4.79 Å². The van der Waals surface area contributed by atoms with Crippen molar-refractivity contribution in [1.82, 2.24) is 0 Å². The normalized spacial score (nSPS) is 50.6. The summed E-state index contributed by atoms with van der Waals surface area (Å²) in [6.45, 7) is 6.94. The second-order valence-corrected chi connectivity index (χ2v) is 11.2. The highest BCUT2D eigenvalue weighted by atomic mass is 32.2. The fraction of sp³-hybridized carbons (Fsp3) is 0.957.